The average Bonchev–Trinajstić information content (AvgIpc) is 3.12. The van der Waals surface area contributed by atoms with Crippen LogP contribution in [0.1, 0.15) is 25.8 Å². The Balaban J connectivity index is 1.82. The van der Waals surface area contributed by atoms with Crippen LogP contribution >= 0.6 is 0 Å². The lowest BCUT2D eigenvalue weighted by Crippen LogP contribution is -2.46. The van der Waals surface area contributed by atoms with Crippen LogP contribution in [0.5, 0.6) is 0 Å². The average molecular weight is 509 g/mol. The number of benzene rings is 1. The summed E-state index contributed by atoms with van der Waals surface area (Å²) in [5.41, 5.74) is -0.550. The molecule has 0 saturated carbocycles. The van der Waals surface area contributed by atoms with Gasteiger partial charge in [0.05, 0.1) is 23.2 Å². The third-order valence-electron chi connectivity index (χ3n) is 6.27. The van der Waals surface area contributed by atoms with E-state index in [2.05, 4.69) is 5.32 Å². The number of morpholine rings is 1. The normalized spacial score (nSPS) is 20.1. The Kier molecular flexibility index (Phi) is 6.64. The Morgan fingerprint density at radius 2 is 1.78 bits per heavy atom. The van der Waals surface area contributed by atoms with Crippen LogP contribution in [0.25, 0.3) is 16.7 Å². The number of hydrogen-bond donors (Lipinski definition) is 1. The lowest BCUT2D eigenvalue weighted by molar-refractivity contribution is -0.136. The maximum Gasteiger partial charge on any atom is 0.417 e. The van der Waals surface area contributed by atoms with Gasteiger partial charge in [0.2, 0.25) is 0 Å². The smallest absolute Gasteiger partial charge is 0.372 e. The van der Waals surface area contributed by atoms with Gasteiger partial charge in [-0.25, -0.2) is 4.98 Å². The minimum Gasteiger partial charge on any atom is -0.372 e. The SMILES string of the molecule is CC1CN(c2cc(C(F)(F)F)c3c(=O)cc(Nc4ccccc4)n(C4=CC=CCC=C4)c3n2)CC(C)O1. The molecule has 0 bridgehead atoms. The lowest BCUT2D eigenvalue weighted by Gasteiger charge is -2.36. The summed E-state index contributed by atoms with van der Waals surface area (Å²) in [5.74, 6) is 0.469. The molecule has 5 rings (SSSR count). The van der Waals surface area contributed by atoms with Crippen LogP contribution in [-0.2, 0) is 10.9 Å². The van der Waals surface area contributed by atoms with Crippen molar-refractivity contribution < 1.29 is 17.9 Å². The van der Waals surface area contributed by atoms with Crippen molar-refractivity contribution >= 4 is 34.1 Å². The van der Waals surface area contributed by atoms with E-state index in [4.69, 9.17) is 9.72 Å². The molecule has 9 heteroatoms. The molecule has 1 aromatic carbocycles. The number of aromatic nitrogens is 2. The number of rotatable bonds is 4. The van der Waals surface area contributed by atoms with Gasteiger partial charge in [-0.3, -0.25) is 9.36 Å². The first kappa shape index (κ1) is 24.8. The van der Waals surface area contributed by atoms with E-state index >= 15 is 0 Å². The molecule has 0 amide bonds. The van der Waals surface area contributed by atoms with Gasteiger partial charge in [-0.1, -0.05) is 36.4 Å². The number of fused-ring (bicyclic) bond motifs is 1. The zero-order valence-corrected chi connectivity index (χ0v) is 20.5. The molecule has 2 aromatic heterocycles. The fourth-order valence-electron chi connectivity index (χ4n) is 4.79. The largest absolute Gasteiger partial charge is 0.417 e. The molecular formula is C28H27F3N4O2. The van der Waals surface area contributed by atoms with Crippen LogP contribution in [0.2, 0.25) is 0 Å². The molecule has 3 heterocycles. The van der Waals surface area contributed by atoms with Gasteiger partial charge in [-0.15, -0.1) is 0 Å². The summed E-state index contributed by atoms with van der Waals surface area (Å²) in [6, 6.07) is 11.3. The van der Waals surface area contributed by atoms with E-state index in [0.717, 1.165) is 6.07 Å². The van der Waals surface area contributed by atoms with Crippen LogP contribution in [0.4, 0.5) is 30.5 Å². The van der Waals surface area contributed by atoms with Gasteiger partial charge in [0.15, 0.2) is 11.1 Å². The predicted molar refractivity (Wildman–Crippen MR) is 140 cm³/mol. The topological polar surface area (TPSA) is 59.4 Å². The van der Waals surface area contributed by atoms with Crippen LogP contribution in [0.15, 0.2) is 77.6 Å². The third kappa shape index (κ3) is 5.17. The maximum absolute atomic E-state index is 14.4. The maximum atomic E-state index is 14.4. The predicted octanol–water partition coefficient (Wildman–Crippen LogP) is 6.13. The fourth-order valence-corrected chi connectivity index (χ4v) is 4.79. The molecule has 1 fully saturated rings. The van der Waals surface area contributed by atoms with Crippen LogP contribution in [0, 0.1) is 0 Å². The Hall–Kier alpha value is -3.85. The minimum atomic E-state index is -4.75. The molecule has 1 aliphatic heterocycles. The monoisotopic (exact) mass is 508 g/mol. The first-order valence-electron chi connectivity index (χ1n) is 12.1. The second-order valence-electron chi connectivity index (χ2n) is 9.26. The fraction of sp³-hybridized carbons (Fsp3) is 0.286. The number of alkyl halides is 3. The third-order valence-corrected chi connectivity index (χ3v) is 6.27. The summed E-state index contributed by atoms with van der Waals surface area (Å²) >= 11 is 0. The molecule has 0 spiro atoms. The van der Waals surface area contributed by atoms with Gasteiger partial charge in [-0.05, 0) is 50.6 Å². The molecular weight excluding hydrogens is 481 g/mol. The zero-order valence-electron chi connectivity index (χ0n) is 20.5. The molecule has 2 atom stereocenters. The number of pyridine rings is 2. The van der Waals surface area contributed by atoms with Crippen molar-refractivity contribution in [3.63, 3.8) is 0 Å². The number of hydrogen-bond acceptors (Lipinski definition) is 5. The Bertz CT molecular complexity index is 1450. The number of nitrogens with one attached hydrogen (secondary N) is 1. The van der Waals surface area contributed by atoms with E-state index < -0.39 is 22.6 Å². The van der Waals surface area contributed by atoms with Crippen molar-refractivity contribution in [3.05, 3.63) is 88.6 Å². The number of para-hydroxylation sites is 1. The van der Waals surface area contributed by atoms with E-state index in [1.807, 2.05) is 68.5 Å². The zero-order chi connectivity index (χ0) is 26.2. The molecule has 37 heavy (non-hydrogen) atoms. The highest BCUT2D eigenvalue weighted by atomic mass is 19.4. The molecule has 1 N–H and O–H groups in total. The van der Waals surface area contributed by atoms with Crippen LogP contribution in [0.3, 0.4) is 0 Å². The second kappa shape index (κ2) is 9.89. The molecule has 6 nitrogen and oxygen atoms in total. The summed E-state index contributed by atoms with van der Waals surface area (Å²) in [5, 5.41) is 2.74. The lowest BCUT2D eigenvalue weighted by atomic mass is 10.1. The van der Waals surface area contributed by atoms with Gasteiger partial charge < -0.3 is 15.0 Å². The Morgan fingerprint density at radius 1 is 1.05 bits per heavy atom. The molecule has 1 aliphatic carbocycles. The molecule has 1 saturated heterocycles. The highest BCUT2D eigenvalue weighted by Gasteiger charge is 2.37. The van der Waals surface area contributed by atoms with E-state index in [0.29, 0.717) is 36.7 Å². The Morgan fingerprint density at radius 3 is 2.49 bits per heavy atom. The van der Waals surface area contributed by atoms with Crippen molar-refractivity contribution in [1.82, 2.24) is 9.55 Å². The van der Waals surface area contributed by atoms with Crippen molar-refractivity contribution in [3.8, 4) is 0 Å². The summed E-state index contributed by atoms with van der Waals surface area (Å²) in [4.78, 5) is 19.8. The molecule has 2 aliphatic rings. The van der Waals surface area contributed by atoms with E-state index in [9.17, 15) is 18.0 Å². The number of anilines is 3. The van der Waals surface area contributed by atoms with Crippen molar-refractivity contribution in [2.24, 2.45) is 0 Å². The molecule has 2 unspecified atom stereocenters. The first-order valence-corrected chi connectivity index (χ1v) is 12.1. The van der Waals surface area contributed by atoms with Gasteiger partial charge in [0.25, 0.3) is 0 Å². The van der Waals surface area contributed by atoms with Crippen molar-refractivity contribution in [2.45, 2.75) is 38.7 Å². The summed E-state index contributed by atoms with van der Waals surface area (Å²) < 4.78 is 50.6. The molecule has 0 radical (unpaired) electrons. The number of nitrogens with zero attached hydrogens (tertiary/aromatic N) is 3. The van der Waals surface area contributed by atoms with Gasteiger partial charge in [-0.2, -0.15) is 13.2 Å². The Labute approximate surface area is 212 Å². The van der Waals surface area contributed by atoms with Gasteiger partial charge in [0, 0.05) is 30.5 Å². The quantitative estimate of drug-likeness (QED) is 0.460. The minimum absolute atomic E-state index is 0.0613. The molecule has 192 valence electrons. The van der Waals surface area contributed by atoms with Gasteiger partial charge in [0.1, 0.15) is 11.6 Å². The highest BCUT2D eigenvalue weighted by Crippen LogP contribution is 2.37. The number of halogens is 3. The van der Waals surface area contributed by atoms with E-state index in [1.54, 1.807) is 15.5 Å². The van der Waals surface area contributed by atoms with E-state index in [-0.39, 0.29) is 23.7 Å². The summed E-state index contributed by atoms with van der Waals surface area (Å²) in [7, 11) is 0. The van der Waals surface area contributed by atoms with Crippen molar-refractivity contribution in [2.75, 3.05) is 23.3 Å². The van der Waals surface area contributed by atoms with Crippen LogP contribution in [-0.4, -0.2) is 34.8 Å². The van der Waals surface area contributed by atoms with Gasteiger partial charge >= 0.3 is 6.18 Å². The standard InChI is InChI=1S/C28H27F3N4O2/c1-18-16-34(17-19(2)37-18)24-14-22(28(29,30)31)26-23(36)15-25(32-20-10-6-5-7-11-20)35(27(26)33-24)21-12-8-3-4-9-13-21/h3,5-15,18-19,32H,4,16-17H2,1-2H3. The first-order chi connectivity index (χ1) is 17.7. The van der Waals surface area contributed by atoms with Crippen molar-refractivity contribution in [1.29, 1.82) is 0 Å². The summed E-state index contributed by atoms with van der Waals surface area (Å²) in [6.45, 7) is 4.52. The highest BCUT2D eigenvalue weighted by molar-refractivity contribution is 5.89. The number of ether oxygens (including phenoxy) is 1. The number of allylic oxidation sites excluding steroid dienone is 6. The summed E-state index contributed by atoms with van der Waals surface area (Å²) in [6.07, 6.45) is 4.87. The van der Waals surface area contributed by atoms with E-state index in [1.165, 1.54) is 6.07 Å². The molecule has 3 aromatic rings. The van der Waals surface area contributed by atoms with Crippen LogP contribution < -0.4 is 15.6 Å². The second-order valence-corrected chi connectivity index (χ2v) is 9.26.